The number of para-hydroxylation sites is 1. The summed E-state index contributed by atoms with van der Waals surface area (Å²) in [5.74, 6) is -0.181. The van der Waals surface area contributed by atoms with Gasteiger partial charge in [-0.2, -0.15) is 0 Å². The van der Waals surface area contributed by atoms with E-state index in [4.69, 9.17) is 4.74 Å². The number of methoxy groups -OCH3 is 1. The highest BCUT2D eigenvalue weighted by Gasteiger charge is 2.02. The fourth-order valence-corrected chi connectivity index (χ4v) is 1.47. The van der Waals surface area contributed by atoms with Crippen molar-refractivity contribution in [1.29, 1.82) is 0 Å². The molecule has 4 nitrogen and oxygen atoms in total. The molecule has 16 heavy (non-hydrogen) atoms. The fraction of sp³-hybridized carbons (Fsp3) is 0.167. The van der Waals surface area contributed by atoms with E-state index in [1.54, 1.807) is 6.20 Å². The van der Waals surface area contributed by atoms with Gasteiger partial charge in [0.15, 0.2) is 0 Å². The number of aromatic nitrogens is 1. The molecule has 1 heterocycles. The van der Waals surface area contributed by atoms with Crippen molar-refractivity contribution in [2.45, 2.75) is 0 Å². The van der Waals surface area contributed by atoms with Crippen LogP contribution in [0.3, 0.4) is 0 Å². The van der Waals surface area contributed by atoms with E-state index in [-0.39, 0.29) is 12.5 Å². The third-order valence-electron chi connectivity index (χ3n) is 2.15. The number of rotatable bonds is 3. The third kappa shape index (κ3) is 2.35. The maximum absolute atomic E-state index is 11.3. The zero-order valence-electron chi connectivity index (χ0n) is 8.93. The first-order chi connectivity index (χ1) is 7.79. The number of nitrogens with zero attached hydrogens (tertiary/aromatic N) is 1. The van der Waals surface area contributed by atoms with Crippen LogP contribution in [0, 0.1) is 0 Å². The summed E-state index contributed by atoms with van der Waals surface area (Å²) in [6.45, 7) is 0.0484. The second-order valence-electron chi connectivity index (χ2n) is 3.40. The third-order valence-corrected chi connectivity index (χ3v) is 2.15. The molecule has 0 atom stereocenters. The minimum absolute atomic E-state index is 0.0484. The highest BCUT2D eigenvalue weighted by atomic mass is 16.5. The van der Waals surface area contributed by atoms with Gasteiger partial charge in [-0.25, -0.2) is 0 Å². The molecule has 4 heteroatoms. The van der Waals surface area contributed by atoms with Gasteiger partial charge in [0.25, 0.3) is 0 Å². The zero-order valence-corrected chi connectivity index (χ0v) is 8.93. The highest BCUT2D eigenvalue weighted by molar-refractivity contribution is 5.93. The van der Waals surface area contributed by atoms with Crippen molar-refractivity contribution in [3.05, 3.63) is 36.5 Å². The summed E-state index contributed by atoms with van der Waals surface area (Å²) >= 11 is 0. The van der Waals surface area contributed by atoms with Crippen molar-refractivity contribution in [3.8, 4) is 0 Å². The molecule has 0 fully saturated rings. The quantitative estimate of drug-likeness (QED) is 0.851. The van der Waals surface area contributed by atoms with Gasteiger partial charge in [0, 0.05) is 12.5 Å². The number of hydrogen-bond donors (Lipinski definition) is 1. The van der Waals surface area contributed by atoms with E-state index in [2.05, 4.69) is 10.3 Å². The Balaban J connectivity index is 2.22. The van der Waals surface area contributed by atoms with E-state index >= 15 is 0 Å². The van der Waals surface area contributed by atoms with E-state index in [0.29, 0.717) is 5.69 Å². The molecule has 0 radical (unpaired) electrons. The van der Waals surface area contributed by atoms with Gasteiger partial charge in [0.05, 0.1) is 17.4 Å². The molecule has 2 aromatic rings. The topological polar surface area (TPSA) is 51.2 Å². The first kappa shape index (κ1) is 10.6. The van der Waals surface area contributed by atoms with Crippen LogP contribution in [0.4, 0.5) is 5.69 Å². The monoisotopic (exact) mass is 216 g/mol. The predicted molar refractivity (Wildman–Crippen MR) is 62.2 cm³/mol. The Morgan fingerprint density at radius 1 is 1.44 bits per heavy atom. The fourth-order valence-electron chi connectivity index (χ4n) is 1.47. The molecule has 1 amide bonds. The molecule has 1 N–H and O–H groups in total. The Kier molecular flexibility index (Phi) is 3.12. The van der Waals surface area contributed by atoms with Crippen LogP contribution in [0.2, 0.25) is 0 Å². The molecule has 0 saturated heterocycles. The molecular formula is C12H12N2O2. The van der Waals surface area contributed by atoms with Gasteiger partial charge in [-0.3, -0.25) is 9.78 Å². The van der Waals surface area contributed by atoms with Crippen LogP contribution in [-0.2, 0) is 9.53 Å². The lowest BCUT2D eigenvalue weighted by Crippen LogP contribution is -2.17. The van der Waals surface area contributed by atoms with E-state index in [1.165, 1.54) is 7.11 Å². The molecule has 1 aromatic carbocycles. The van der Waals surface area contributed by atoms with Crippen LogP contribution in [0.5, 0.6) is 0 Å². The molecule has 82 valence electrons. The largest absolute Gasteiger partial charge is 0.375 e. The second-order valence-corrected chi connectivity index (χ2v) is 3.40. The Morgan fingerprint density at radius 2 is 2.25 bits per heavy atom. The molecule has 0 aliphatic rings. The number of fused-ring (bicyclic) bond motifs is 1. The average molecular weight is 216 g/mol. The second kappa shape index (κ2) is 4.72. The van der Waals surface area contributed by atoms with Crippen LogP contribution in [0.25, 0.3) is 10.9 Å². The molecule has 0 aliphatic heterocycles. The number of carbonyl (C=O) groups is 1. The highest BCUT2D eigenvalue weighted by Crippen LogP contribution is 2.15. The van der Waals surface area contributed by atoms with Gasteiger partial charge >= 0.3 is 0 Å². The van der Waals surface area contributed by atoms with Crippen LogP contribution in [-0.4, -0.2) is 24.6 Å². The van der Waals surface area contributed by atoms with E-state index in [9.17, 15) is 4.79 Å². The van der Waals surface area contributed by atoms with Gasteiger partial charge in [0.1, 0.15) is 6.61 Å². The molecule has 0 bridgehead atoms. The molecule has 2 rings (SSSR count). The number of carbonyl (C=O) groups excluding carboxylic acids is 1. The summed E-state index contributed by atoms with van der Waals surface area (Å²) in [7, 11) is 1.48. The van der Waals surface area contributed by atoms with E-state index < -0.39 is 0 Å². The molecule has 0 aliphatic carbocycles. The van der Waals surface area contributed by atoms with E-state index in [0.717, 1.165) is 10.9 Å². The molecule has 0 unspecified atom stereocenters. The van der Waals surface area contributed by atoms with Gasteiger partial charge in [-0.15, -0.1) is 0 Å². The number of hydrogen-bond acceptors (Lipinski definition) is 3. The number of amides is 1. The minimum Gasteiger partial charge on any atom is -0.375 e. The summed E-state index contributed by atoms with van der Waals surface area (Å²) in [5.41, 5.74) is 1.59. The smallest absolute Gasteiger partial charge is 0.250 e. The Labute approximate surface area is 93.3 Å². The first-order valence-electron chi connectivity index (χ1n) is 4.93. The Bertz CT molecular complexity index is 511. The van der Waals surface area contributed by atoms with Crippen LogP contribution in [0.1, 0.15) is 0 Å². The molecule has 0 saturated carbocycles. The number of nitrogens with one attached hydrogen (secondary N) is 1. The maximum atomic E-state index is 11.3. The van der Waals surface area contributed by atoms with Crippen molar-refractivity contribution in [2.75, 3.05) is 19.0 Å². The van der Waals surface area contributed by atoms with Crippen molar-refractivity contribution >= 4 is 22.5 Å². The molecule has 0 spiro atoms. The summed E-state index contributed by atoms with van der Waals surface area (Å²) in [6.07, 6.45) is 1.63. The van der Waals surface area contributed by atoms with E-state index in [1.807, 2.05) is 30.3 Å². The van der Waals surface area contributed by atoms with Crippen molar-refractivity contribution < 1.29 is 9.53 Å². The van der Waals surface area contributed by atoms with Gasteiger partial charge in [-0.1, -0.05) is 18.2 Å². The number of benzene rings is 1. The van der Waals surface area contributed by atoms with Gasteiger partial charge in [-0.05, 0) is 12.1 Å². The lowest BCUT2D eigenvalue weighted by atomic mass is 10.2. The zero-order chi connectivity index (χ0) is 11.4. The first-order valence-corrected chi connectivity index (χ1v) is 4.93. The van der Waals surface area contributed by atoms with Gasteiger partial charge in [0.2, 0.25) is 5.91 Å². The van der Waals surface area contributed by atoms with Crippen LogP contribution < -0.4 is 5.32 Å². The number of pyridine rings is 1. The lowest BCUT2D eigenvalue weighted by molar-refractivity contribution is -0.119. The summed E-state index contributed by atoms with van der Waals surface area (Å²) in [4.78, 5) is 15.5. The Morgan fingerprint density at radius 3 is 3.06 bits per heavy atom. The average Bonchev–Trinajstić information content (AvgIpc) is 2.29. The minimum atomic E-state index is -0.181. The summed E-state index contributed by atoms with van der Waals surface area (Å²) in [6, 6.07) is 9.63. The molecule has 1 aromatic heterocycles. The van der Waals surface area contributed by atoms with Crippen LogP contribution in [0.15, 0.2) is 36.5 Å². The lowest BCUT2D eigenvalue weighted by Gasteiger charge is -2.04. The normalized spacial score (nSPS) is 10.3. The van der Waals surface area contributed by atoms with Crippen molar-refractivity contribution in [1.82, 2.24) is 4.98 Å². The summed E-state index contributed by atoms with van der Waals surface area (Å²) in [5, 5.41) is 3.71. The van der Waals surface area contributed by atoms with Gasteiger partial charge < -0.3 is 10.1 Å². The van der Waals surface area contributed by atoms with Crippen molar-refractivity contribution in [3.63, 3.8) is 0 Å². The maximum Gasteiger partial charge on any atom is 0.250 e. The standard InChI is InChI=1S/C12H12N2O2/c1-16-8-12(15)14-10-6-9-4-2-3-5-11(9)13-7-10/h2-7H,8H2,1H3,(H,14,15). The number of anilines is 1. The van der Waals surface area contributed by atoms with Crippen LogP contribution >= 0.6 is 0 Å². The summed E-state index contributed by atoms with van der Waals surface area (Å²) < 4.78 is 4.73. The predicted octanol–water partition coefficient (Wildman–Crippen LogP) is 1.82. The Hall–Kier alpha value is -1.94. The van der Waals surface area contributed by atoms with Crippen molar-refractivity contribution in [2.24, 2.45) is 0 Å². The molecular weight excluding hydrogens is 204 g/mol. The number of ether oxygens (including phenoxy) is 1. The SMILES string of the molecule is COCC(=O)Nc1cnc2ccccc2c1.